The Morgan fingerprint density at radius 2 is 1.56 bits per heavy atom. The van der Waals surface area contributed by atoms with Crippen molar-refractivity contribution in [3.05, 3.63) is 70.8 Å². The molecular weight excluding hydrogens is 222 g/mol. The molecule has 0 saturated heterocycles. The number of benzene rings is 2. The summed E-state index contributed by atoms with van der Waals surface area (Å²) in [5, 5.41) is 0. The molecular formula is C16H17NO. The number of rotatable bonds is 3. The molecule has 92 valence electrons. The smallest absolute Gasteiger partial charge is 0.184 e. The predicted octanol–water partition coefficient (Wildman–Crippen LogP) is 3.19. The Morgan fingerprint density at radius 3 is 2.11 bits per heavy atom. The average molecular weight is 239 g/mol. The second kappa shape index (κ2) is 5.15. The van der Waals surface area contributed by atoms with Crippen LogP contribution in [-0.2, 0) is 0 Å². The van der Waals surface area contributed by atoms with Crippen molar-refractivity contribution < 1.29 is 4.79 Å². The highest BCUT2D eigenvalue weighted by Crippen LogP contribution is 2.18. The second-order valence-electron chi connectivity index (χ2n) is 4.63. The highest BCUT2D eigenvalue weighted by atomic mass is 16.1. The first-order valence-corrected chi connectivity index (χ1v) is 6.01. The highest BCUT2D eigenvalue weighted by Gasteiger charge is 2.17. The van der Waals surface area contributed by atoms with Crippen molar-refractivity contribution >= 4 is 5.78 Å². The van der Waals surface area contributed by atoms with Crippen molar-refractivity contribution in [2.75, 3.05) is 0 Å². The number of ketones is 1. The van der Waals surface area contributed by atoms with Crippen LogP contribution in [0.25, 0.3) is 0 Å². The van der Waals surface area contributed by atoms with E-state index < -0.39 is 6.04 Å². The summed E-state index contributed by atoms with van der Waals surface area (Å²) in [4.78, 5) is 12.3. The summed E-state index contributed by atoms with van der Waals surface area (Å²) in [5.74, 6) is -0.0343. The van der Waals surface area contributed by atoms with E-state index in [0.717, 1.165) is 16.7 Å². The lowest BCUT2D eigenvalue weighted by molar-refractivity contribution is 0.0961. The van der Waals surface area contributed by atoms with Gasteiger partial charge in [-0.2, -0.15) is 0 Å². The predicted molar refractivity (Wildman–Crippen MR) is 73.6 cm³/mol. The van der Waals surface area contributed by atoms with Gasteiger partial charge in [0, 0.05) is 5.56 Å². The van der Waals surface area contributed by atoms with Crippen LogP contribution in [0.4, 0.5) is 0 Å². The van der Waals surface area contributed by atoms with E-state index >= 15 is 0 Å². The number of hydrogen-bond donors (Lipinski definition) is 1. The molecule has 0 aliphatic carbocycles. The number of carbonyl (C=O) groups excluding carboxylic acids is 1. The van der Waals surface area contributed by atoms with Gasteiger partial charge in [-0.15, -0.1) is 0 Å². The first kappa shape index (κ1) is 12.5. The molecule has 0 saturated carbocycles. The van der Waals surface area contributed by atoms with E-state index in [9.17, 15) is 4.79 Å². The molecule has 0 radical (unpaired) electrons. The van der Waals surface area contributed by atoms with Crippen molar-refractivity contribution in [2.45, 2.75) is 19.9 Å². The van der Waals surface area contributed by atoms with Gasteiger partial charge in [-0.3, -0.25) is 4.79 Å². The normalized spacial score (nSPS) is 12.2. The van der Waals surface area contributed by atoms with Gasteiger partial charge in [0.1, 0.15) is 0 Å². The zero-order valence-corrected chi connectivity index (χ0v) is 10.7. The monoisotopic (exact) mass is 239 g/mol. The maximum atomic E-state index is 12.3. The zero-order chi connectivity index (χ0) is 13.1. The fourth-order valence-electron chi connectivity index (χ4n) is 2.11. The largest absolute Gasteiger partial charge is 0.318 e. The molecule has 0 amide bonds. The summed E-state index contributed by atoms with van der Waals surface area (Å²) >= 11 is 0. The second-order valence-corrected chi connectivity index (χ2v) is 4.63. The van der Waals surface area contributed by atoms with E-state index in [0.29, 0.717) is 5.56 Å². The van der Waals surface area contributed by atoms with E-state index in [-0.39, 0.29) is 5.78 Å². The van der Waals surface area contributed by atoms with Crippen molar-refractivity contribution in [2.24, 2.45) is 5.73 Å². The first-order chi connectivity index (χ1) is 8.58. The fraction of sp³-hybridized carbons (Fsp3) is 0.188. The number of nitrogens with two attached hydrogens (primary N) is 1. The Kier molecular flexibility index (Phi) is 3.58. The van der Waals surface area contributed by atoms with Gasteiger partial charge in [0.05, 0.1) is 6.04 Å². The summed E-state index contributed by atoms with van der Waals surface area (Å²) in [5.41, 5.74) is 9.72. The van der Waals surface area contributed by atoms with Gasteiger partial charge < -0.3 is 5.73 Å². The maximum Gasteiger partial charge on any atom is 0.184 e. The van der Waals surface area contributed by atoms with E-state index in [4.69, 9.17) is 5.73 Å². The van der Waals surface area contributed by atoms with Gasteiger partial charge in [-0.25, -0.2) is 0 Å². The molecule has 1 atom stereocenters. The molecule has 2 rings (SSSR count). The quantitative estimate of drug-likeness (QED) is 0.836. The fourth-order valence-corrected chi connectivity index (χ4v) is 2.11. The Bertz CT molecular complexity index is 540. The van der Waals surface area contributed by atoms with Gasteiger partial charge in [0.2, 0.25) is 0 Å². The average Bonchev–Trinajstić information content (AvgIpc) is 2.37. The van der Waals surface area contributed by atoms with E-state index in [2.05, 4.69) is 0 Å². The maximum absolute atomic E-state index is 12.3. The zero-order valence-electron chi connectivity index (χ0n) is 10.7. The van der Waals surface area contributed by atoms with Crippen LogP contribution in [0.5, 0.6) is 0 Å². The van der Waals surface area contributed by atoms with E-state index in [1.54, 1.807) is 0 Å². The van der Waals surface area contributed by atoms with Crippen LogP contribution in [0.15, 0.2) is 48.5 Å². The topological polar surface area (TPSA) is 43.1 Å². The third kappa shape index (κ3) is 2.66. The van der Waals surface area contributed by atoms with Gasteiger partial charge in [0.25, 0.3) is 0 Å². The molecule has 0 heterocycles. The van der Waals surface area contributed by atoms with Crippen LogP contribution in [0.1, 0.15) is 33.1 Å². The lowest BCUT2D eigenvalue weighted by Crippen LogP contribution is -2.21. The SMILES string of the molecule is Cc1cc(C)cc(C(=O)[C@H](N)c2ccccc2)c1. The number of carbonyl (C=O) groups is 1. The summed E-state index contributed by atoms with van der Waals surface area (Å²) < 4.78 is 0. The molecule has 2 N–H and O–H groups in total. The van der Waals surface area contributed by atoms with Crippen molar-refractivity contribution in [1.82, 2.24) is 0 Å². The summed E-state index contributed by atoms with van der Waals surface area (Å²) in [7, 11) is 0. The Hall–Kier alpha value is -1.93. The van der Waals surface area contributed by atoms with E-state index in [1.807, 2.05) is 62.4 Å². The molecule has 0 unspecified atom stereocenters. The minimum Gasteiger partial charge on any atom is -0.318 e. The molecule has 0 bridgehead atoms. The summed E-state index contributed by atoms with van der Waals surface area (Å²) in [6.07, 6.45) is 0. The molecule has 0 aliphatic rings. The molecule has 2 heteroatoms. The molecule has 0 fully saturated rings. The number of hydrogen-bond acceptors (Lipinski definition) is 2. The molecule has 0 aliphatic heterocycles. The summed E-state index contributed by atoms with van der Waals surface area (Å²) in [6, 6.07) is 14.7. The minimum absolute atomic E-state index is 0.0343. The Balaban J connectivity index is 2.31. The van der Waals surface area contributed by atoms with E-state index in [1.165, 1.54) is 0 Å². The van der Waals surface area contributed by atoms with Crippen LogP contribution in [-0.4, -0.2) is 5.78 Å². The number of Topliss-reactive ketones (excluding diaryl/α,β-unsaturated/α-hetero) is 1. The molecule has 2 aromatic rings. The van der Waals surface area contributed by atoms with Crippen molar-refractivity contribution in [3.63, 3.8) is 0 Å². The first-order valence-electron chi connectivity index (χ1n) is 6.01. The van der Waals surface area contributed by atoms with Crippen LogP contribution in [0.2, 0.25) is 0 Å². The number of aryl methyl sites for hydroxylation is 2. The van der Waals surface area contributed by atoms with Gasteiger partial charge in [-0.05, 0) is 31.5 Å². The molecule has 2 nitrogen and oxygen atoms in total. The third-order valence-electron chi connectivity index (χ3n) is 2.95. The lowest BCUT2D eigenvalue weighted by Gasteiger charge is -2.12. The molecule has 0 spiro atoms. The summed E-state index contributed by atoms with van der Waals surface area (Å²) in [6.45, 7) is 3.97. The molecule has 2 aromatic carbocycles. The lowest BCUT2D eigenvalue weighted by atomic mass is 9.96. The Morgan fingerprint density at radius 1 is 1.00 bits per heavy atom. The standard InChI is InChI=1S/C16H17NO/c1-11-8-12(2)10-14(9-11)16(18)15(17)13-6-4-3-5-7-13/h3-10,15H,17H2,1-2H3/t15-/m1/s1. The van der Waals surface area contributed by atoms with Crippen LogP contribution in [0, 0.1) is 13.8 Å². The minimum atomic E-state index is -0.590. The highest BCUT2D eigenvalue weighted by molar-refractivity contribution is 6.00. The van der Waals surface area contributed by atoms with Gasteiger partial charge in [0.15, 0.2) is 5.78 Å². The van der Waals surface area contributed by atoms with Crippen molar-refractivity contribution in [3.8, 4) is 0 Å². The van der Waals surface area contributed by atoms with Crippen molar-refractivity contribution in [1.29, 1.82) is 0 Å². The van der Waals surface area contributed by atoms with Gasteiger partial charge >= 0.3 is 0 Å². The van der Waals surface area contributed by atoms with Crippen LogP contribution in [0.3, 0.4) is 0 Å². The Labute approximate surface area is 107 Å². The third-order valence-corrected chi connectivity index (χ3v) is 2.95. The van der Waals surface area contributed by atoms with Gasteiger partial charge in [-0.1, -0.05) is 47.5 Å². The molecule has 18 heavy (non-hydrogen) atoms. The molecule has 0 aromatic heterocycles. The van der Waals surface area contributed by atoms with Crippen LogP contribution >= 0.6 is 0 Å². The van der Waals surface area contributed by atoms with Crippen LogP contribution < -0.4 is 5.73 Å².